The Bertz CT molecular complexity index is 161. The van der Waals surface area contributed by atoms with Gasteiger partial charge in [-0.05, 0) is 6.92 Å². The fourth-order valence-electron chi connectivity index (χ4n) is 0.333. The number of aliphatic hydroxyl groups excluding tert-OH is 1. The molecule has 0 fully saturated rings. The fraction of sp³-hybridized carbons (Fsp3) is 0.429. The quantitative estimate of drug-likeness (QED) is 0.450. The van der Waals surface area contributed by atoms with Crippen molar-refractivity contribution < 1.29 is 6.48 Å². The summed E-state index contributed by atoms with van der Waals surface area (Å²) in [7, 11) is 3.48. The highest BCUT2D eigenvalue weighted by Crippen LogP contribution is 1.97. The lowest BCUT2D eigenvalue weighted by atomic mass is 10.3. The van der Waals surface area contributed by atoms with E-state index in [0.717, 1.165) is 5.57 Å². The Balaban J connectivity index is 4.17. The minimum Gasteiger partial charge on any atom is -0.495 e. The summed E-state index contributed by atoms with van der Waals surface area (Å²) >= 11 is 0. The van der Waals surface area contributed by atoms with E-state index in [0.29, 0.717) is 0 Å². The van der Waals surface area contributed by atoms with Gasteiger partial charge in [-0.25, -0.2) is 0 Å². The molecule has 0 saturated heterocycles. The van der Waals surface area contributed by atoms with Crippen molar-refractivity contribution in [2.45, 2.75) is 6.92 Å². The summed E-state index contributed by atoms with van der Waals surface area (Å²) in [6, 6.07) is 0. The van der Waals surface area contributed by atoms with Gasteiger partial charge < -0.3 is 10.0 Å². The summed E-state index contributed by atoms with van der Waals surface area (Å²) in [6.45, 7) is 2.95. The van der Waals surface area contributed by atoms with Gasteiger partial charge in [0.05, 0.1) is 1.37 Å². The molecule has 0 radical (unpaired) electrons. The van der Waals surface area contributed by atoms with Crippen LogP contribution in [-0.4, -0.2) is 24.1 Å². The maximum atomic E-state index is 9.09. The van der Waals surface area contributed by atoms with Crippen LogP contribution < -0.4 is 0 Å². The molecule has 2 heteroatoms. The summed E-state index contributed by atoms with van der Waals surface area (Å²) in [5.74, 6) is 0.168. The predicted octanol–water partition coefficient (Wildman–Crippen LogP) is 1.52. The molecule has 9 heavy (non-hydrogen) atoms. The van der Waals surface area contributed by atoms with Gasteiger partial charge in [-0.15, -0.1) is 0 Å². The van der Waals surface area contributed by atoms with Gasteiger partial charge in [0.25, 0.3) is 0 Å². The average molecular weight is 128 g/mol. The molecule has 0 aromatic rings. The minimum absolute atomic E-state index is 0.168. The lowest BCUT2D eigenvalue weighted by Gasteiger charge is -2.09. The van der Waals surface area contributed by atoms with E-state index in [-0.39, 0.29) is 5.88 Å². The molecule has 0 aromatic heterocycles. The van der Waals surface area contributed by atoms with Gasteiger partial charge in [-0.2, -0.15) is 0 Å². The molecule has 0 amide bonds. The van der Waals surface area contributed by atoms with Gasteiger partial charge in [-0.3, -0.25) is 0 Å². The van der Waals surface area contributed by atoms with Gasteiger partial charge in [0.1, 0.15) is 0 Å². The molecular formula is C7H13NO. The summed E-state index contributed by atoms with van der Waals surface area (Å²) in [5, 5.41) is 9.09. The maximum absolute atomic E-state index is 9.09. The highest BCUT2D eigenvalue weighted by Gasteiger charge is 1.91. The standard InChI is InChI=1S/C7H13NO/c1-6(2)5-7(9)8(3)4/h5,9H,1H2,2-4H3/b7-5-/i1D/b6-1?,7-5-. The molecule has 1 N–H and O–H groups in total. The third-order valence-corrected chi connectivity index (χ3v) is 0.815. The van der Waals surface area contributed by atoms with Crippen molar-refractivity contribution in [1.82, 2.24) is 4.90 Å². The zero-order valence-corrected chi connectivity index (χ0v) is 6.05. The van der Waals surface area contributed by atoms with E-state index >= 15 is 0 Å². The highest BCUT2D eigenvalue weighted by atomic mass is 16.3. The van der Waals surface area contributed by atoms with E-state index in [4.69, 9.17) is 6.48 Å². The summed E-state index contributed by atoms with van der Waals surface area (Å²) < 4.78 is 6.81. The SMILES string of the molecule is [2H]C=C(C)/C=C(\O)N(C)C. The fourth-order valence-corrected chi connectivity index (χ4v) is 0.333. The first kappa shape index (κ1) is 6.20. The molecule has 0 spiro atoms. The zero-order chi connectivity index (χ0) is 8.15. The third kappa shape index (κ3) is 3.64. The Morgan fingerprint density at radius 1 is 1.78 bits per heavy atom. The van der Waals surface area contributed by atoms with E-state index in [1.807, 2.05) is 0 Å². The minimum atomic E-state index is 0.168. The molecule has 0 heterocycles. The van der Waals surface area contributed by atoms with Crippen molar-refractivity contribution in [3.63, 3.8) is 0 Å². The normalized spacial score (nSPS) is 15.2. The second-order valence-electron chi connectivity index (χ2n) is 2.14. The summed E-state index contributed by atoms with van der Waals surface area (Å²) in [6.07, 6.45) is 1.53. The summed E-state index contributed by atoms with van der Waals surface area (Å²) in [4.78, 5) is 1.58. The van der Waals surface area contributed by atoms with Crippen LogP contribution in [0.4, 0.5) is 0 Å². The molecule has 0 aliphatic rings. The van der Waals surface area contributed by atoms with Gasteiger partial charge in [0.15, 0.2) is 5.88 Å². The van der Waals surface area contributed by atoms with Crippen molar-refractivity contribution in [3.05, 3.63) is 24.1 Å². The largest absolute Gasteiger partial charge is 0.495 e. The lowest BCUT2D eigenvalue weighted by Crippen LogP contribution is -2.09. The maximum Gasteiger partial charge on any atom is 0.186 e. The molecule has 0 aromatic carbocycles. The number of nitrogens with zero attached hydrogens (tertiary/aromatic N) is 1. The molecule has 0 aliphatic heterocycles. The smallest absolute Gasteiger partial charge is 0.186 e. The first-order valence-electron chi connectivity index (χ1n) is 3.29. The van der Waals surface area contributed by atoms with Crippen molar-refractivity contribution in [3.8, 4) is 0 Å². The van der Waals surface area contributed by atoms with Crippen LogP contribution in [0.1, 0.15) is 8.29 Å². The third-order valence-electron chi connectivity index (χ3n) is 0.815. The van der Waals surface area contributed by atoms with Crippen LogP contribution in [0.3, 0.4) is 0 Å². The Morgan fingerprint density at radius 2 is 2.33 bits per heavy atom. The Labute approximate surface area is 57.5 Å². The van der Waals surface area contributed by atoms with E-state index in [1.165, 1.54) is 12.6 Å². The van der Waals surface area contributed by atoms with Crippen LogP contribution in [0.5, 0.6) is 0 Å². The van der Waals surface area contributed by atoms with Crippen molar-refractivity contribution >= 4 is 0 Å². The Hall–Kier alpha value is -0.920. The first-order chi connectivity index (χ1) is 4.57. The van der Waals surface area contributed by atoms with E-state index < -0.39 is 0 Å². The van der Waals surface area contributed by atoms with Gasteiger partial charge in [-0.1, -0.05) is 12.1 Å². The molecule has 0 atom stereocenters. The van der Waals surface area contributed by atoms with Crippen LogP contribution in [0, 0.1) is 0 Å². The number of hydrogen-bond acceptors (Lipinski definition) is 2. The van der Waals surface area contributed by atoms with E-state index in [1.54, 1.807) is 25.9 Å². The van der Waals surface area contributed by atoms with Crippen molar-refractivity contribution in [1.29, 1.82) is 0 Å². The van der Waals surface area contributed by atoms with E-state index in [9.17, 15) is 0 Å². The number of rotatable bonds is 2. The van der Waals surface area contributed by atoms with Crippen LogP contribution in [0.15, 0.2) is 24.1 Å². The van der Waals surface area contributed by atoms with Gasteiger partial charge in [0.2, 0.25) is 0 Å². The molecular weight excluding hydrogens is 114 g/mol. The first-order valence-corrected chi connectivity index (χ1v) is 2.71. The number of hydrogen-bond donors (Lipinski definition) is 1. The van der Waals surface area contributed by atoms with Crippen molar-refractivity contribution in [2.24, 2.45) is 0 Å². The Kier molecular flexibility index (Phi) is 2.19. The highest BCUT2D eigenvalue weighted by molar-refractivity contribution is 5.12. The molecule has 0 rings (SSSR count). The molecule has 52 valence electrons. The van der Waals surface area contributed by atoms with E-state index in [2.05, 4.69) is 0 Å². The Morgan fingerprint density at radius 3 is 2.67 bits per heavy atom. The average Bonchev–Trinajstić information content (AvgIpc) is 1.87. The van der Waals surface area contributed by atoms with Crippen LogP contribution >= 0.6 is 0 Å². The number of aliphatic hydroxyl groups is 1. The monoisotopic (exact) mass is 128 g/mol. The predicted molar refractivity (Wildman–Crippen MR) is 39.2 cm³/mol. The van der Waals surface area contributed by atoms with Gasteiger partial charge >= 0.3 is 0 Å². The van der Waals surface area contributed by atoms with Gasteiger partial charge in [0, 0.05) is 20.2 Å². The molecule has 0 bridgehead atoms. The topological polar surface area (TPSA) is 23.5 Å². The molecule has 0 aliphatic carbocycles. The van der Waals surface area contributed by atoms with Crippen LogP contribution in [-0.2, 0) is 0 Å². The molecule has 0 unspecified atom stereocenters. The zero-order valence-electron chi connectivity index (χ0n) is 7.05. The summed E-state index contributed by atoms with van der Waals surface area (Å²) in [5.41, 5.74) is 0.728. The molecule has 0 saturated carbocycles. The second kappa shape index (κ2) is 3.17. The number of allylic oxidation sites excluding steroid dienone is 2. The van der Waals surface area contributed by atoms with Crippen LogP contribution in [0.2, 0.25) is 0 Å². The second-order valence-corrected chi connectivity index (χ2v) is 2.14. The molecule has 2 nitrogen and oxygen atoms in total. The van der Waals surface area contributed by atoms with Crippen LogP contribution in [0.25, 0.3) is 0 Å². The van der Waals surface area contributed by atoms with Crippen molar-refractivity contribution in [2.75, 3.05) is 14.1 Å². The lowest BCUT2D eigenvalue weighted by molar-refractivity contribution is 0.264.